The zero-order chi connectivity index (χ0) is 13.9. The van der Waals surface area contributed by atoms with Gasteiger partial charge in [-0.1, -0.05) is 24.3 Å². The fraction of sp³-hybridized carbons (Fsp3) is 0.118. The molecule has 0 aliphatic carbocycles. The van der Waals surface area contributed by atoms with E-state index in [4.69, 9.17) is 5.73 Å². The van der Waals surface area contributed by atoms with Gasteiger partial charge in [0.15, 0.2) is 0 Å². The number of anilines is 1. The second-order valence-corrected chi connectivity index (χ2v) is 5.83. The average Bonchev–Trinajstić information content (AvgIpc) is 2.46. The van der Waals surface area contributed by atoms with Crippen LogP contribution in [0.2, 0.25) is 0 Å². The van der Waals surface area contributed by atoms with Gasteiger partial charge in [0.1, 0.15) is 0 Å². The van der Waals surface area contributed by atoms with Crippen LogP contribution in [0.3, 0.4) is 0 Å². The van der Waals surface area contributed by atoms with E-state index in [1.165, 1.54) is 16.5 Å². The lowest BCUT2D eigenvalue weighted by atomic mass is 10.1. The van der Waals surface area contributed by atoms with Crippen molar-refractivity contribution in [2.75, 3.05) is 5.73 Å². The van der Waals surface area contributed by atoms with Gasteiger partial charge >= 0.3 is 0 Å². The lowest BCUT2D eigenvalue weighted by Crippen LogP contribution is -1.91. The zero-order valence-electron chi connectivity index (χ0n) is 11.3. The number of aromatic nitrogens is 1. The van der Waals surface area contributed by atoms with Gasteiger partial charge in [-0.15, -0.1) is 11.8 Å². The average molecular weight is 280 g/mol. The highest BCUT2D eigenvalue weighted by atomic mass is 32.2. The Hall–Kier alpha value is -2.00. The van der Waals surface area contributed by atoms with Gasteiger partial charge in [0, 0.05) is 27.9 Å². The third-order valence-corrected chi connectivity index (χ3v) is 4.43. The lowest BCUT2D eigenvalue weighted by molar-refractivity contribution is 1.33. The Morgan fingerprint density at radius 2 is 1.95 bits per heavy atom. The van der Waals surface area contributed by atoms with Crippen LogP contribution in [0.1, 0.15) is 11.1 Å². The number of nitrogens with two attached hydrogens (primary N) is 1. The number of fused-ring (bicyclic) bond motifs is 1. The fourth-order valence-corrected chi connectivity index (χ4v) is 3.19. The van der Waals surface area contributed by atoms with Crippen LogP contribution in [-0.4, -0.2) is 4.98 Å². The molecule has 2 aromatic carbocycles. The van der Waals surface area contributed by atoms with Crippen LogP contribution < -0.4 is 5.73 Å². The predicted octanol–water partition coefficient (Wildman–Crippen LogP) is 4.42. The highest BCUT2D eigenvalue weighted by Crippen LogP contribution is 2.30. The number of hydrogen-bond donors (Lipinski definition) is 1. The van der Waals surface area contributed by atoms with Crippen LogP contribution in [0.4, 0.5) is 5.69 Å². The molecule has 2 N–H and O–H groups in total. The Bertz CT molecular complexity index is 748. The standard InChI is InChI=1S/C17H16N2S/c1-12-6-7-17(15(18)10-12)20-11-13-8-9-19-16-5-3-2-4-14(13)16/h2-10H,11,18H2,1H3. The minimum Gasteiger partial charge on any atom is -0.398 e. The number of rotatable bonds is 3. The number of nitrogens with zero attached hydrogens (tertiary/aromatic N) is 1. The molecule has 0 unspecified atom stereocenters. The largest absolute Gasteiger partial charge is 0.398 e. The maximum absolute atomic E-state index is 6.07. The molecule has 3 rings (SSSR count). The SMILES string of the molecule is Cc1ccc(SCc2ccnc3ccccc23)c(N)c1. The summed E-state index contributed by atoms with van der Waals surface area (Å²) in [7, 11) is 0. The number of thioether (sulfide) groups is 1. The molecule has 0 bridgehead atoms. The maximum atomic E-state index is 6.07. The zero-order valence-corrected chi connectivity index (χ0v) is 12.2. The molecule has 3 aromatic rings. The maximum Gasteiger partial charge on any atom is 0.0705 e. The van der Waals surface area contributed by atoms with Gasteiger partial charge in [-0.25, -0.2) is 0 Å². The van der Waals surface area contributed by atoms with E-state index < -0.39 is 0 Å². The van der Waals surface area contributed by atoms with Crippen molar-refractivity contribution in [3.63, 3.8) is 0 Å². The molecule has 20 heavy (non-hydrogen) atoms. The van der Waals surface area contributed by atoms with E-state index in [1.807, 2.05) is 24.4 Å². The van der Waals surface area contributed by atoms with E-state index in [2.05, 4.69) is 42.2 Å². The molecule has 2 nitrogen and oxygen atoms in total. The first kappa shape index (κ1) is 13.0. The molecular formula is C17H16N2S. The summed E-state index contributed by atoms with van der Waals surface area (Å²) in [4.78, 5) is 5.53. The van der Waals surface area contributed by atoms with Gasteiger partial charge in [-0.2, -0.15) is 0 Å². The van der Waals surface area contributed by atoms with Gasteiger partial charge in [-0.3, -0.25) is 4.98 Å². The van der Waals surface area contributed by atoms with E-state index in [1.54, 1.807) is 11.8 Å². The van der Waals surface area contributed by atoms with Gasteiger partial charge in [0.2, 0.25) is 0 Å². The molecule has 1 aromatic heterocycles. The fourth-order valence-electron chi connectivity index (χ4n) is 2.24. The number of benzene rings is 2. The third-order valence-electron chi connectivity index (χ3n) is 3.29. The summed E-state index contributed by atoms with van der Waals surface area (Å²) < 4.78 is 0. The van der Waals surface area contributed by atoms with Crippen LogP contribution in [0.15, 0.2) is 59.6 Å². The van der Waals surface area contributed by atoms with E-state index in [0.29, 0.717) is 0 Å². The monoisotopic (exact) mass is 280 g/mol. The summed E-state index contributed by atoms with van der Waals surface area (Å²) in [6, 6.07) is 16.5. The Morgan fingerprint density at radius 3 is 2.80 bits per heavy atom. The minimum absolute atomic E-state index is 0.855. The summed E-state index contributed by atoms with van der Waals surface area (Å²) in [5.41, 5.74) is 10.5. The van der Waals surface area contributed by atoms with Gasteiger partial charge < -0.3 is 5.73 Å². The van der Waals surface area contributed by atoms with Crippen LogP contribution in [0.5, 0.6) is 0 Å². The predicted molar refractivity (Wildman–Crippen MR) is 86.9 cm³/mol. The Kier molecular flexibility index (Phi) is 3.61. The smallest absolute Gasteiger partial charge is 0.0705 e. The molecule has 0 radical (unpaired) electrons. The molecule has 0 spiro atoms. The molecule has 0 atom stereocenters. The van der Waals surface area contributed by atoms with Gasteiger partial charge in [0.05, 0.1) is 5.52 Å². The minimum atomic E-state index is 0.855. The molecule has 0 fully saturated rings. The van der Waals surface area contributed by atoms with E-state index in [9.17, 15) is 0 Å². The molecular weight excluding hydrogens is 264 g/mol. The summed E-state index contributed by atoms with van der Waals surface area (Å²) in [5.74, 6) is 0.899. The van der Waals surface area contributed by atoms with Crippen LogP contribution in [-0.2, 0) is 5.75 Å². The number of nitrogen functional groups attached to an aromatic ring is 1. The first-order chi connectivity index (χ1) is 9.74. The van der Waals surface area contributed by atoms with Crippen molar-refractivity contribution < 1.29 is 0 Å². The van der Waals surface area contributed by atoms with Crippen molar-refractivity contribution in [2.45, 2.75) is 17.6 Å². The topological polar surface area (TPSA) is 38.9 Å². The number of para-hydroxylation sites is 1. The van der Waals surface area contributed by atoms with Crippen LogP contribution in [0, 0.1) is 6.92 Å². The second kappa shape index (κ2) is 5.55. The van der Waals surface area contributed by atoms with Crippen molar-refractivity contribution >= 4 is 28.4 Å². The normalized spacial score (nSPS) is 10.8. The Labute approximate surface area is 123 Å². The summed E-state index contributed by atoms with van der Waals surface area (Å²) in [6.07, 6.45) is 1.87. The van der Waals surface area contributed by atoms with Crippen molar-refractivity contribution in [3.05, 3.63) is 65.9 Å². The lowest BCUT2D eigenvalue weighted by Gasteiger charge is -2.08. The molecule has 3 heteroatoms. The molecule has 0 saturated carbocycles. The molecule has 0 aliphatic rings. The Morgan fingerprint density at radius 1 is 1.10 bits per heavy atom. The summed E-state index contributed by atoms with van der Waals surface area (Å²) in [5, 5.41) is 1.22. The number of hydrogen-bond acceptors (Lipinski definition) is 3. The van der Waals surface area contributed by atoms with Crippen molar-refractivity contribution in [3.8, 4) is 0 Å². The van der Waals surface area contributed by atoms with Crippen LogP contribution in [0.25, 0.3) is 10.9 Å². The molecule has 1 heterocycles. The highest BCUT2D eigenvalue weighted by molar-refractivity contribution is 7.98. The molecule has 0 aliphatic heterocycles. The number of pyridine rings is 1. The van der Waals surface area contributed by atoms with E-state index >= 15 is 0 Å². The molecule has 0 saturated heterocycles. The van der Waals surface area contributed by atoms with Crippen molar-refractivity contribution in [1.82, 2.24) is 4.98 Å². The quantitative estimate of drug-likeness (QED) is 0.570. The van der Waals surface area contributed by atoms with Gasteiger partial charge in [-0.05, 0) is 42.3 Å². The second-order valence-electron chi connectivity index (χ2n) is 4.82. The van der Waals surface area contributed by atoms with Crippen LogP contribution >= 0.6 is 11.8 Å². The van der Waals surface area contributed by atoms with Gasteiger partial charge in [0.25, 0.3) is 0 Å². The highest BCUT2D eigenvalue weighted by Gasteiger charge is 2.04. The molecule has 0 amide bonds. The Balaban J connectivity index is 1.87. The first-order valence-electron chi connectivity index (χ1n) is 6.55. The van der Waals surface area contributed by atoms with Crippen molar-refractivity contribution in [2.24, 2.45) is 0 Å². The van der Waals surface area contributed by atoms with Crippen molar-refractivity contribution in [1.29, 1.82) is 0 Å². The van der Waals surface area contributed by atoms with E-state index in [-0.39, 0.29) is 0 Å². The van der Waals surface area contributed by atoms with E-state index in [0.717, 1.165) is 21.9 Å². The summed E-state index contributed by atoms with van der Waals surface area (Å²) >= 11 is 1.77. The summed E-state index contributed by atoms with van der Waals surface area (Å²) in [6.45, 7) is 2.06. The first-order valence-corrected chi connectivity index (χ1v) is 7.54. The number of aryl methyl sites for hydroxylation is 1. The third kappa shape index (κ3) is 2.63. The molecule has 100 valence electrons.